The van der Waals surface area contributed by atoms with E-state index in [4.69, 9.17) is 0 Å². The van der Waals surface area contributed by atoms with Crippen molar-refractivity contribution in [3.8, 4) is 0 Å². The number of allylic oxidation sites excluding steroid dienone is 1. The van der Waals surface area contributed by atoms with Crippen LogP contribution in [0.25, 0.3) is 0 Å². The van der Waals surface area contributed by atoms with Crippen molar-refractivity contribution in [2.24, 2.45) is 5.41 Å². The lowest BCUT2D eigenvalue weighted by atomic mass is 9.66. The molecule has 1 unspecified atom stereocenters. The van der Waals surface area contributed by atoms with Crippen LogP contribution in [-0.2, 0) is 9.59 Å². The predicted octanol–water partition coefficient (Wildman–Crippen LogP) is 1.34. The second-order valence-electron chi connectivity index (χ2n) is 5.31. The van der Waals surface area contributed by atoms with Gasteiger partial charge in [0.05, 0.1) is 0 Å². The first-order valence-electron chi connectivity index (χ1n) is 6.49. The normalized spacial score (nSPS) is 30.3. The first kappa shape index (κ1) is 11.4. The Hall–Kier alpha value is -1.65. The molecule has 0 aromatic heterocycles. The van der Waals surface area contributed by atoms with Gasteiger partial charge >= 0.3 is 6.03 Å². The van der Waals surface area contributed by atoms with E-state index in [9.17, 15) is 14.4 Å². The van der Waals surface area contributed by atoms with Gasteiger partial charge in [-0.05, 0) is 32.1 Å². The smallest absolute Gasteiger partial charge is 0.277 e. The molecule has 1 saturated heterocycles. The average Bonchev–Trinajstić information content (AvgIpc) is 2.28. The van der Waals surface area contributed by atoms with Crippen molar-refractivity contribution in [3.05, 3.63) is 12.2 Å². The van der Waals surface area contributed by atoms with E-state index in [1.807, 2.05) is 6.08 Å². The van der Waals surface area contributed by atoms with Gasteiger partial charge in [-0.2, -0.15) is 0 Å². The quantitative estimate of drug-likeness (QED) is 0.562. The Labute approximate surface area is 105 Å². The second kappa shape index (κ2) is 3.93. The summed E-state index contributed by atoms with van der Waals surface area (Å²) < 4.78 is 0. The highest BCUT2D eigenvalue weighted by Crippen LogP contribution is 2.45. The fraction of sp³-hybridized carbons (Fsp3) is 0.615. The van der Waals surface area contributed by atoms with Crippen molar-refractivity contribution in [2.75, 3.05) is 0 Å². The maximum Gasteiger partial charge on any atom is 0.331 e. The van der Waals surface area contributed by atoms with Gasteiger partial charge in [-0.1, -0.05) is 18.6 Å². The summed E-state index contributed by atoms with van der Waals surface area (Å²) >= 11 is 0. The topological polar surface area (TPSA) is 66.5 Å². The molecule has 0 aromatic rings. The number of amides is 4. The molecule has 5 nitrogen and oxygen atoms in total. The number of hydrogen-bond donors (Lipinski definition) is 1. The number of hydrogen-bond acceptors (Lipinski definition) is 3. The van der Waals surface area contributed by atoms with Gasteiger partial charge in [0.1, 0.15) is 5.41 Å². The Morgan fingerprint density at radius 3 is 2.56 bits per heavy atom. The average molecular weight is 248 g/mol. The second-order valence-corrected chi connectivity index (χ2v) is 5.31. The van der Waals surface area contributed by atoms with Gasteiger partial charge in [0.25, 0.3) is 0 Å². The summed E-state index contributed by atoms with van der Waals surface area (Å²) in [6, 6.07) is -0.629. The van der Waals surface area contributed by atoms with Crippen molar-refractivity contribution in [2.45, 2.75) is 44.6 Å². The zero-order valence-corrected chi connectivity index (χ0v) is 10.1. The highest BCUT2D eigenvalue weighted by molar-refractivity contribution is 6.19. The Balaban J connectivity index is 1.88. The zero-order chi connectivity index (χ0) is 12.8. The molecule has 3 rings (SSSR count). The summed E-state index contributed by atoms with van der Waals surface area (Å²) in [4.78, 5) is 37.5. The lowest BCUT2D eigenvalue weighted by molar-refractivity contribution is -0.159. The molecule has 0 radical (unpaired) electrons. The summed E-state index contributed by atoms with van der Waals surface area (Å²) in [6.07, 6.45) is 8.46. The molecule has 1 N–H and O–H groups in total. The maximum absolute atomic E-state index is 12.5. The lowest BCUT2D eigenvalue weighted by Gasteiger charge is -2.46. The van der Waals surface area contributed by atoms with E-state index in [0.29, 0.717) is 19.3 Å². The standard InChI is InChI=1S/C13H16N2O3/c16-10-13(7-4-8-13)11(17)15(12(18)14-10)9-5-2-1-3-6-9/h1-2,9H,3-8H2,(H,14,16,18). The monoisotopic (exact) mass is 248 g/mol. The molecule has 1 atom stereocenters. The first-order valence-corrected chi connectivity index (χ1v) is 6.49. The van der Waals surface area contributed by atoms with Gasteiger partial charge in [-0.15, -0.1) is 0 Å². The van der Waals surface area contributed by atoms with Crippen molar-refractivity contribution < 1.29 is 14.4 Å². The fourth-order valence-corrected chi connectivity index (χ4v) is 3.01. The lowest BCUT2D eigenvalue weighted by Crippen LogP contribution is -2.68. The molecule has 3 aliphatic rings. The van der Waals surface area contributed by atoms with Crippen LogP contribution >= 0.6 is 0 Å². The molecule has 96 valence electrons. The van der Waals surface area contributed by atoms with Crippen LogP contribution in [0.1, 0.15) is 38.5 Å². The number of rotatable bonds is 1. The molecule has 4 amide bonds. The third kappa shape index (κ3) is 1.43. The van der Waals surface area contributed by atoms with E-state index < -0.39 is 17.4 Å². The summed E-state index contributed by atoms with van der Waals surface area (Å²) in [5.41, 5.74) is -0.935. The molecular weight excluding hydrogens is 232 g/mol. The van der Waals surface area contributed by atoms with Crippen LogP contribution in [-0.4, -0.2) is 28.8 Å². The van der Waals surface area contributed by atoms with Crippen LogP contribution in [0.3, 0.4) is 0 Å². The van der Waals surface area contributed by atoms with E-state index in [-0.39, 0.29) is 11.9 Å². The van der Waals surface area contributed by atoms with Gasteiger partial charge in [-0.25, -0.2) is 4.79 Å². The van der Waals surface area contributed by atoms with E-state index in [1.54, 1.807) is 0 Å². The molecule has 2 fully saturated rings. The van der Waals surface area contributed by atoms with Crippen LogP contribution in [0.15, 0.2) is 12.2 Å². The molecule has 1 heterocycles. The molecule has 0 bridgehead atoms. The molecule has 1 saturated carbocycles. The van der Waals surface area contributed by atoms with Crippen LogP contribution in [0, 0.1) is 5.41 Å². The SMILES string of the molecule is O=C1NC(=O)C2(CCC2)C(=O)N1C1CC=CCC1. The highest BCUT2D eigenvalue weighted by Gasteiger charge is 2.58. The Bertz CT molecular complexity index is 451. The summed E-state index contributed by atoms with van der Waals surface area (Å²) in [5.74, 6) is -0.672. The summed E-state index contributed by atoms with van der Waals surface area (Å²) in [7, 11) is 0. The van der Waals surface area contributed by atoms with Crippen molar-refractivity contribution >= 4 is 17.8 Å². The fourth-order valence-electron chi connectivity index (χ4n) is 3.01. The summed E-state index contributed by atoms with van der Waals surface area (Å²) in [6.45, 7) is 0. The molecule has 5 heteroatoms. The zero-order valence-electron chi connectivity index (χ0n) is 10.1. The number of nitrogens with one attached hydrogen (secondary N) is 1. The van der Waals surface area contributed by atoms with Crippen LogP contribution < -0.4 is 5.32 Å². The Kier molecular flexibility index (Phi) is 2.50. The van der Waals surface area contributed by atoms with Crippen molar-refractivity contribution in [1.82, 2.24) is 10.2 Å². The minimum Gasteiger partial charge on any atom is -0.277 e. The Morgan fingerprint density at radius 1 is 1.22 bits per heavy atom. The summed E-state index contributed by atoms with van der Waals surface area (Å²) in [5, 5.41) is 2.35. The van der Waals surface area contributed by atoms with E-state index in [1.165, 1.54) is 4.90 Å². The maximum atomic E-state index is 12.5. The highest BCUT2D eigenvalue weighted by atomic mass is 16.2. The number of imide groups is 2. The molecule has 1 aliphatic heterocycles. The molecular formula is C13H16N2O3. The third-order valence-electron chi connectivity index (χ3n) is 4.32. The van der Waals surface area contributed by atoms with Gasteiger partial charge < -0.3 is 0 Å². The van der Waals surface area contributed by atoms with Crippen molar-refractivity contribution in [3.63, 3.8) is 0 Å². The minimum atomic E-state index is -0.935. The van der Waals surface area contributed by atoms with Gasteiger partial charge in [0.15, 0.2) is 0 Å². The number of nitrogens with zero attached hydrogens (tertiary/aromatic N) is 1. The number of carbonyl (C=O) groups excluding carboxylic acids is 3. The van der Waals surface area contributed by atoms with Gasteiger partial charge in [0, 0.05) is 6.04 Å². The minimum absolute atomic E-state index is 0.0897. The number of carbonyl (C=O) groups is 3. The first-order chi connectivity index (χ1) is 8.65. The third-order valence-corrected chi connectivity index (χ3v) is 4.32. The van der Waals surface area contributed by atoms with Crippen LogP contribution in [0.2, 0.25) is 0 Å². The van der Waals surface area contributed by atoms with Crippen LogP contribution in [0.4, 0.5) is 4.79 Å². The van der Waals surface area contributed by atoms with E-state index >= 15 is 0 Å². The predicted molar refractivity (Wildman–Crippen MR) is 63.4 cm³/mol. The van der Waals surface area contributed by atoms with E-state index in [2.05, 4.69) is 11.4 Å². The van der Waals surface area contributed by atoms with Crippen molar-refractivity contribution in [1.29, 1.82) is 0 Å². The molecule has 0 aromatic carbocycles. The van der Waals surface area contributed by atoms with Crippen LogP contribution in [0.5, 0.6) is 0 Å². The Morgan fingerprint density at radius 2 is 2.00 bits per heavy atom. The molecule has 2 aliphatic carbocycles. The largest absolute Gasteiger partial charge is 0.331 e. The number of urea groups is 1. The molecule has 18 heavy (non-hydrogen) atoms. The van der Waals surface area contributed by atoms with Gasteiger partial charge in [-0.3, -0.25) is 19.8 Å². The number of barbiturate groups is 1. The molecule has 1 spiro atoms. The van der Waals surface area contributed by atoms with Gasteiger partial charge in [0.2, 0.25) is 11.8 Å². The van der Waals surface area contributed by atoms with E-state index in [0.717, 1.165) is 19.3 Å².